The normalized spacial score (nSPS) is 10.4. The highest BCUT2D eigenvalue weighted by atomic mass is 32.2. The second kappa shape index (κ2) is 5.34. The lowest BCUT2D eigenvalue weighted by atomic mass is 10.5. The van der Waals surface area contributed by atoms with Gasteiger partial charge in [0, 0.05) is 24.3 Å². The van der Waals surface area contributed by atoms with E-state index in [1.165, 1.54) is 16.4 Å². The van der Waals surface area contributed by atoms with Crippen LogP contribution in [0, 0.1) is 0 Å². The molecule has 0 atom stereocenters. The van der Waals surface area contributed by atoms with Crippen LogP contribution in [-0.2, 0) is 17.1 Å². The third-order valence-electron chi connectivity index (χ3n) is 1.75. The molecule has 0 radical (unpaired) electrons. The van der Waals surface area contributed by atoms with Crippen LogP contribution in [0.2, 0.25) is 0 Å². The van der Waals surface area contributed by atoms with E-state index in [1.54, 1.807) is 18.6 Å². The van der Waals surface area contributed by atoms with Gasteiger partial charge in [-0.2, -0.15) is 0 Å². The molecule has 2 heterocycles. The molecule has 1 N–H and O–H groups in total. The lowest BCUT2D eigenvalue weighted by molar-refractivity contribution is -0.138. The second-order valence-corrected chi connectivity index (χ2v) is 3.94. The van der Waals surface area contributed by atoms with E-state index in [1.807, 2.05) is 0 Å². The Morgan fingerprint density at radius 2 is 2.35 bits per heavy atom. The van der Waals surface area contributed by atoms with Crippen molar-refractivity contribution < 1.29 is 9.90 Å². The fourth-order valence-electron chi connectivity index (χ4n) is 1.07. The molecule has 0 aliphatic rings. The van der Waals surface area contributed by atoms with Gasteiger partial charge in [0.05, 0.1) is 5.69 Å². The SMILES string of the molecule is O=C(O)Cn1nnnc1SCc1cnccn1. The maximum atomic E-state index is 10.5. The monoisotopic (exact) mass is 252 g/mol. The summed E-state index contributed by atoms with van der Waals surface area (Å²) in [7, 11) is 0. The lowest BCUT2D eigenvalue weighted by Gasteiger charge is -2.00. The van der Waals surface area contributed by atoms with Gasteiger partial charge in [-0.1, -0.05) is 11.8 Å². The number of carboxylic acid groups (broad SMARTS) is 1. The molecule has 0 fully saturated rings. The van der Waals surface area contributed by atoms with E-state index in [9.17, 15) is 4.79 Å². The highest BCUT2D eigenvalue weighted by Gasteiger charge is 2.10. The average molecular weight is 252 g/mol. The van der Waals surface area contributed by atoms with Crippen molar-refractivity contribution in [3.8, 4) is 0 Å². The van der Waals surface area contributed by atoms with Crippen LogP contribution in [0.5, 0.6) is 0 Å². The molecular weight excluding hydrogens is 244 g/mol. The Hall–Kier alpha value is -2.03. The third-order valence-corrected chi connectivity index (χ3v) is 2.74. The molecule has 0 unspecified atom stereocenters. The Bertz CT molecular complexity index is 502. The van der Waals surface area contributed by atoms with E-state index in [-0.39, 0.29) is 6.54 Å². The van der Waals surface area contributed by atoms with E-state index in [0.717, 1.165) is 5.69 Å². The van der Waals surface area contributed by atoms with E-state index >= 15 is 0 Å². The van der Waals surface area contributed by atoms with Gasteiger partial charge in [-0.15, -0.1) is 5.10 Å². The zero-order valence-electron chi connectivity index (χ0n) is 8.59. The number of carbonyl (C=O) groups is 1. The van der Waals surface area contributed by atoms with Crippen LogP contribution in [0.25, 0.3) is 0 Å². The van der Waals surface area contributed by atoms with E-state index in [0.29, 0.717) is 10.9 Å². The predicted molar refractivity (Wildman–Crippen MR) is 57.0 cm³/mol. The summed E-state index contributed by atoms with van der Waals surface area (Å²) in [5, 5.41) is 19.8. The van der Waals surface area contributed by atoms with Crippen LogP contribution in [0.15, 0.2) is 23.7 Å². The third kappa shape index (κ3) is 3.21. The molecule has 0 bridgehead atoms. The van der Waals surface area contributed by atoms with Gasteiger partial charge >= 0.3 is 5.97 Å². The number of nitrogens with zero attached hydrogens (tertiary/aromatic N) is 6. The van der Waals surface area contributed by atoms with Crippen molar-refractivity contribution in [1.29, 1.82) is 0 Å². The van der Waals surface area contributed by atoms with Gasteiger partial charge in [-0.3, -0.25) is 14.8 Å². The van der Waals surface area contributed by atoms with Crippen molar-refractivity contribution in [3.05, 3.63) is 24.3 Å². The van der Waals surface area contributed by atoms with Gasteiger partial charge in [0.25, 0.3) is 0 Å². The molecule has 2 rings (SSSR count). The number of tetrazole rings is 1. The minimum atomic E-state index is -0.987. The van der Waals surface area contributed by atoms with Crippen LogP contribution < -0.4 is 0 Å². The van der Waals surface area contributed by atoms with E-state index in [2.05, 4.69) is 25.5 Å². The summed E-state index contributed by atoms with van der Waals surface area (Å²) >= 11 is 1.31. The molecule has 0 spiro atoms. The Labute approximate surface area is 100 Å². The van der Waals surface area contributed by atoms with Crippen molar-refractivity contribution in [2.45, 2.75) is 17.5 Å². The topological polar surface area (TPSA) is 107 Å². The van der Waals surface area contributed by atoms with Crippen LogP contribution in [0.1, 0.15) is 5.69 Å². The largest absolute Gasteiger partial charge is 0.480 e. The molecule has 88 valence electrons. The molecule has 2 aromatic heterocycles. The van der Waals surface area contributed by atoms with E-state index in [4.69, 9.17) is 5.11 Å². The number of rotatable bonds is 5. The highest BCUT2D eigenvalue weighted by Crippen LogP contribution is 2.17. The highest BCUT2D eigenvalue weighted by molar-refractivity contribution is 7.98. The quantitative estimate of drug-likeness (QED) is 0.731. The van der Waals surface area contributed by atoms with Gasteiger partial charge in [0.2, 0.25) is 5.16 Å². The number of aromatic nitrogens is 6. The molecule has 9 heteroatoms. The summed E-state index contributed by atoms with van der Waals surface area (Å²) in [6.45, 7) is -0.254. The Balaban J connectivity index is 2.00. The predicted octanol–water partition coefficient (Wildman–Crippen LogP) is -0.160. The number of carboxylic acids is 1. The van der Waals surface area contributed by atoms with Gasteiger partial charge in [-0.25, -0.2) is 4.68 Å². The Morgan fingerprint density at radius 3 is 3.06 bits per heavy atom. The molecule has 0 saturated heterocycles. The van der Waals surface area contributed by atoms with Gasteiger partial charge in [0.1, 0.15) is 6.54 Å². The van der Waals surface area contributed by atoms with Crippen LogP contribution in [0.4, 0.5) is 0 Å². The first-order valence-corrected chi connectivity index (χ1v) is 5.60. The van der Waals surface area contributed by atoms with E-state index < -0.39 is 5.97 Å². The molecule has 2 aromatic rings. The van der Waals surface area contributed by atoms with Crippen molar-refractivity contribution in [1.82, 2.24) is 30.2 Å². The van der Waals surface area contributed by atoms with Crippen LogP contribution in [-0.4, -0.2) is 41.3 Å². The molecular formula is C8H8N6O2S. The van der Waals surface area contributed by atoms with Gasteiger partial charge < -0.3 is 5.11 Å². The summed E-state index contributed by atoms with van der Waals surface area (Å²) in [4.78, 5) is 18.6. The maximum absolute atomic E-state index is 10.5. The number of hydrogen-bond acceptors (Lipinski definition) is 7. The molecule has 0 aromatic carbocycles. The molecule has 0 aliphatic heterocycles. The molecule has 0 amide bonds. The Morgan fingerprint density at radius 1 is 1.47 bits per heavy atom. The number of thioether (sulfide) groups is 1. The zero-order chi connectivity index (χ0) is 12.1. The minimum absolute atomic E-state index is 0.254. The summed E-state index contributed by atoms with van der Waals surface area (Å²) in [6, 6.07) is 0. The summed E-state index contributed by atoms with van der Waals surface area (Å²) < 4.78 is 1.23. The first kappa shape index (κ1) is 11.5. The molecule has 17 heavy (non-hydrogen) atoms. The number of hydrogen-bond donors (Lipinski definition) is 1. The molecule has 8 nitrogen and oxygen atoms in total. The van der Waals surface area contributed by atoms with Crippen LogP contribution >= 0.6 is 11.8 Å². The summed E-state index contributed by atoms with van der Waals surface area (Å²) in [5.41, 5.74) is 0.780. The molecule has 0 saturated carbocycles. The van der Waals surface area contributed by atoms with Gasteiger partial charge in [0.15, 0.2) is 0 Å². The molecule has 0 aliphatic carbocycles. The first-order valence-electron chi connectivity index (χ1n) is 4.61. The fourth-order valence-corrected chi connectivity index (χ4v) is 1.84. The van der Waals surface area contributed by atoms with Crippen molar-refractivity contribution in [2.75, 3.05) is 0 Å². The summed E-state index contributed by atoms with van der Waals surface area (Å²) in [5.74, 6) is -0.452. The minimum Gasteiger partial charge on any atom is -0.480 e. The lowest BCUT2D eigenvalue weighted by Crippen LogP contribution is -2.11. The second-order valence-electron chi connectivity index (χ2n) is 3.00. The van der Waals surface area contributed by atoms with Gasteiger partial charge in [-0.05, 0) is 10.4 Å². The first-order chi connectivity index (χ1) is 8.25. The van der Waals surface area contributed by atoms with Crippen LogP contribution in [0.3, 0.4) is 0 Å². The average Bonchev–Trinajstić information content (AvgIpc) is 2.74. The maximum Gasteiger partial charge on any atom is 0.325 e. The smallest absolute Gasteiger partial charge is 0.325 e. The fraction of sp³-hybridized carbons (Fsp3) is 0.250. The van der Waals surface area contributed by atoms with Crippen molar-refractivity contribution in [2.24, 2.45) is 0 Å². The van der Waals surface area contributed by atoms with Crippen molar-refractivity contribution in [3.63, 3.8) is 0 Å². The number of aliphatic carboxylic acids is 1. The Kier molecular flexibility index (Phi) is 3.60. The summed E-state index contributed by atoms with van der Waals surface area (Å²) in [6.07, 6.45) is 4.82. The van der Waals surface area contributed by atoms with Crippen molar-refractivity contribution >= 4 is 17.7 Å². The standard InChI is InChI=1S/C8H8N6O2S/c15-7(16)4-14-8(11-12-13-14)17-5-6-3-9-1-2-10-6/h1-3H,4-5H2,(H,15,16). The zero-order valence-corrected chi connectivity index (χ0v) is 9.41.